The lowest BCUT2D eigenvalue weighted by atomic mass is 10.2. The van der Waals surface area contributed by atoms with Gasteiger partial charge in [-0.05, 0) is 25.1 Å². The van der Waals surface area contributed by atoms with Crippen molar-refractivity contribution in [3.8, 4) is 5.75 Å². The van der Waals surface area contributed by atoms with Crippen LogP contribution in [0.4, 0.5) is 0 Å². The lowest BCUT2D eigenvalue weighted by molar-refractivity contribution is -0.686. The molecule has 0 atom stereocenters. The summed E-state index contributed by atoms with van der Waals surface area (Å²) < 4.78 is 5.49. The van der Waals surface area contributed by atoms with E-state index in [4.69, 9.17) is 4.74 Å². The molecule has 3 heteroatoms. The molecule has 0 aliphatic heterocycles. The minimum atomic E-state index is 0.711. The fourth-order valence-electron chi connectivity index (χ4n) is 1.85. The van der Waals surface area contributed by atoms with Crippen molar-refractivity contribution in [2.24, 2.45) is 0 Å². The van der Waals surface area contributed by atoms with Crippen molar-refractivity contribution in [3.63, 3.8) is 0 Å². The second kappa shape index (κ2) is 6.77. The molecular formula is C15H19N2O+. The predicted octanol–water partition coefficient (Wildman–Crippen LogP) is 1.74. The third kappa shape index (κ3) is 3.86. The van der Waals surface area contributed by atoms with Gasteiger partial charge in [0.2, 0.25) is 0 Å². The molecule has 1 aromatic heterocycles. The summed E-state index contributed by atoms with van der Waals surface area (Å²) in [4.78, 5) is 4.11. The molecule has 2 rings (SSSR count). The van der Waals surface area contributed by atoms with Crippen molar-refractivity contribution in [2.45, 2.75) is 20.0 Å². The summed E-state index contributed by atoms with van der Waals surface area (Å²) in [6.45, 7) is 4.62. The van der Waals surface area contributed by atoms with E-state index in [1.54, 1.807) is 6.20 Å². The van der Waals surface area contributed by atoms with E-state index in [1.165, 1.54) is 11.1 Å². The molecule has 0 amide bonds. The highest BCUT2D eigenvalue weighted by Gasteiger charge is 1.99. The Morgan fingerprint density at radius 2 is 1.94 bits per heavy atom. The quantitative estimate of drug-likeness (QED) is 0.839. The van der Waals surface area contributed by atoms with E-state index in [1.807, 2.05) is 31.3 Å². The van der Waals surface area contributed by atoms with Gasteiger partial charge in [-0.3, -0.25) is 4.98 Å². The Hall–Kier alpha value is -1.87. The van der Waals surface area contributed by atoms with Gasteiger partial charge in [0.05, 0.1) is 6.61 Å². The third-order valence-electron chi connectivity index (χ3n) is 2.69. The first-order chi connectivity index (χ1) is 8.88. The van der Waals surface area contributed by atoms with Crippen molar-refractivity contribution < 1.29 is 10.1 Å². The Balaban J connectivity index is 1.84. The van der Waals surface area contributed by atoms with Crippen LogP contribution in [0.5, 0.6) is 5.75 Å². The molecule has 0 bridgehead atoms. The van der Waals surface area contributed by atoms with Gasteiger partial charge in [-0.25, -0.2) is 0 Å². The fraction of sp³-hybridized carbons (Fsp3) is 0.267. The van der Waals surface area contributed by atoms with Gasteiger partial charge < -0.3 is 10.1 Å². The molecule has 3 nitrogen and oxygen atoms in total. The highest BCUT2D eigenvalue weighted by atomic mass is 16.5. The summed E-state index contributed by atoms with van der Waals surface area (Å²) >= 11 is 0. The van der Waals surface area contributed by atoms with Crippen LogP contribution in [-0.2, 0) is 13.1 Å². The molecule has 0 saturated carbocycles. The molecule has 0 unspecified atom stereocenters. The second-order valence-corrected chi connectivity index (χ2v) is 4.14. The molecule has 0 aliphatic carbocycles. The minimum absolute atomic E-state index is 0.711. The Morgan fingerprint density at radius 1 is 1.11 bits per heavy atom. The van der Waals surface area contributed by atoms with Gasteiger partial charge in [0.25, 0.3) is 0 Å². The van der Waals surface area contributed by atoms with E-state index in [2.05, 4.69) is 28.5 Å². The first kappa shape index (κ1) is 12.6. The van der Waals surface area contributed by atoms with E-state index in [-0.39, 0.29) is 0 Å². The number of aromatic nitrogens is 1. The molecule has 94 valence electrons. The van der Waals surface area contributed by atoms with Crippen molar-refractivity contribution >= 4 is 0 Å². The molecule has 0 fully saturated rings. The molecule has 1 heterocycles. The van der Waals surface area contributed by atoms with Gasteiger partial charge in [0.1, 0.15) is 18.8 Å². The largest absolute Gasteiger partial charge is 0.494 e. The number of pyridine rings is 1. The standard InChI is InChI=1S/C15H18N2O/c1-2-18-15-7-3-5-13(9-15)10-17-12-14-6-4-8-16-11-14/h3-9,11,17H,2,10,12H2,1H3/p+1. The third-order valence-corrected chi connectivity index (χ3v) is 2.69. The number of hydrogen-bond acceptors (Lipinski definition) is 2. The van der Waals surface area contributed by atoms with E-state index in [9.17, 15) is 0 Å². The van der Waals surface area contributed by atoms with Crippen molar-refractivity contribution in [1.29, 1.82) is 0 Å². The molecule has 2 N–H and O–H groups in total. The molecule has 1 aromatic carbocycles. The van der Waals surface area contributed by atoms with Gasteiger partial charge in [-0.1, -0.05) is 18.2 Å². The maximum absolute atomic E-state index is 5.49. The fourth-order valence-corrected chi connectivity index (χ4v) is 1.85. The second-order valence-electron chi connectivity index (χ2n) is 4.14. The van der Waals surface area contributed by atoms with Crippen LogP contribution in [0, 0.1) is 0 Å². The zero-order valence-electron chi connectivity index (χ0n) is 10.7. The van der Waals surface area contributed by atoms with Crippen molar-refractivity contribution in [2.75, 3.05) is 6.61 Å². The number of benzene rings is 1. The Bertz CT molecular complexity index is 471. The van der Waals surface area contributed by atoms with Crippen LogP contribution in [0.3, 0.4) is 0 Å². The monoisotopic (exact) mass is 243 g/mol. The summed E-state index contributed by atoms with van der Waals surface area (Å²) in [6, 6.07) is 12.3. The van der Waals surface area contributed by atoms with Gasteiger partial charge in [0, 0.05) is 23.5 Å². The predicted molar refractivity (Wildman–Crippen MR) is 71.2 cm³/mol. The molecule has 0 saturated heterocycles. The number of nitrogens with zero attached hydrogens (tertiary/aromatic N) is 1. The Labute approximate surface area is 108 Å². The lowest BCUT2D eigenvalue weighted by Gasteiger charge is -2.05. The van der Waals surface area contributed by atoms with E-state index in [0.29, 0.717) is 6.61 Å². The van der Waals surface area contributed by atoms with E-state index < -0.39 is 0 Å². The van der Waals surface area contributed by atoms with Crippen LogP contribution in [0.1, 0.15) is 18.1 Å². The van der Waals surface area contributed by atoms with Crippen LogP contribution in [0.15, 0.2) is 48.8 Å². The van der Waals surface area contributed by atoms with Crippen molar-refractivity contribution in [1.82, 2.24) is 4.98 Å². The zero-order valence-corrected chi connectivity index (χ0v) is 10.7. The number of nitrogens with two attached hydrogens (primary N) is 1. The minimum Gasteiger partial charge on any atom is -0.494 e. The Kier molecular flexibility index (Phi) is 4.73. The van der Waals surface area contributed by atoms with Crippen molar-refractivity contribution in [3.05, 3.63) is 59.9 Å². The van der Waals surface area contributed by atoms with Crippen LogP contribution in [0.2, 0.25) is 0 Å². The maximum atomic E-state index is 5.49. The lowest BCUT2D eigenvalue weighted by Crippen LogP contribution is -2.80. The van der Waals surface area contributed by atoms with Crippen LogP contribution < -0.4 is 10.1 Å². The molecular weight excluding hydrogens is 224 g/mol. The van der Waals surface area contributed by atoms with Gasteiger partial charge in [-0.15, -0.1) is 0 Å². The van der Waals surface area contributed by atoms with Crippen LogP contribution >= 0.6 is 0 Å². The maximum Gasteiger partial charge on any atom is 0.119 e. The molecule has 0 aliphatic rings. The first-order valence-corrected chi connectivity index (χ1v) is 6.31. The van der Waals surface area contributed by atoms with E-state index in [0.717, 1.165) is 18.8 Å². The molecule has 0 spiro atoms. The highest BCUT2D eigenvalue weighted by molar-refractivity contribution is 5.27. The summed E-state index contributed by atoms with van der Waals surface area (Å²) in [5.74, 6) is 0.949. The molecule has 18 heavy (non-hydrogen) atoms. The van der Waals surface area contributed by atoms with Crippen LogP contribution in [-0.4, -0.2) is 11.6 Å². The topological polar surface area (TPSA) is 38.7 Å². The SMILES string of the molecule is CCOc1cccc(C[NH2+]Cc2cccnc2)c1. The zero-order chi connectivity index (χ0) is 12.6. The summed E-state index contributed by atoms with van der Waals surface area (Å²) in [5.41, 5.74) is 2.53. The smallest absolute Gasteiger partial charge is 0.119 e. The normalized spacial score (nSPS) is 10.3. The molecule has 2 aromatic rings. The first-order valence-electron chi connectivity index (χ1n) is 6.31. The Morgan fingerprint density at radius 3 is 2.72 bits per heavy atom. The van der Waals surface area contributed by atoms with E-state index >= 15 is 0 Å². The van der Waals surface area contributed by atoms with Crippen LogP contribution in [0.25, 0.3) is 0 Å². The average Bonchev–Trinajstić information content (AvgIpc) is 2.41. The average molecular weight is 243 g/mol. The number of hydrogen-bond donors (Lipinski definition) is 1. The van der Waals surface area contributed by atoms with Gasteiger partial charge in [-0.2, -0.15) is 0 Å². The van der Waals surface area contributed by atoms with Gasteiger partial charge >= 0.3 is 0 Å². The number of ether oxygens (including phenoxy) is 1. The number of rotatable bonds is 6. The summed E-state index contributed by atoms with van der Waals surface area (Å²) in [7, 11) is 0. The summed E-state index contributed by atoms with van der Waals surface area (Å²) in [6.07, 6.45) is 3.71. The summed E-state index contributed by atoms with van der Waals surface area (Å²) in [5, 5.41) is 2.27. The van der Waals surface area contributed by atoms with Gasteiger partial charge in [0.15, 0.2) is 0 Å². The highest BCUT2D eigenvalue weighted by Crippen LogP contribution is 2.12. The molecule has 0 radical (unpaired) electrons. The number of quaternary nitrogens is 1.